The van der Waals surface area contributed by atoms with Gasteiger partial charge in [0.1, 0.15) is 0 Å². The predicted molar refractivity (Wildman–Crippen MR) is 99.0 cm³/mol. The molecule has 1 aromatic rings. The molecule has 8 heteroatoms. The number of urea groups is 1. The molecule has 0 saturated carbocycles. The van der Waals surface area contributed by atoms with Crippen molar-refractivity contribution in [3.63, 3.8) is 0 Å². The Balaban J connectivity index is 1.93. The average Bonchev–Trinajstić information content (AvgIpc) is 2.86. The van der Waals surface area contributed by atoms with E-state index in [0.29, 0.717) is 18.7 Å². The standard InChI is InChI=1S/C18H25N3O4S/c1-12-7-13(2)9-14(8-12)17(22)20-5-6-21(18(23)19(3)4)16-11-26(24,25)10-15(16)20/h7-9,15-16H,5-6,10-11H2,1-4H3/t15-,16+/m0/s1. The van der Waals surface area contributed by atoms with Gasteiger partial charge in [-0.05, 0) is 26.0 Å². The zero-order chi connectivity index (χ0) is 19.2. The van der Waals surface area contributed by atoms with Crippen LogP contribution in [0, 0.1) is 13.8 Å². The van der Waals surface area contributed by atoms with Crippen LogP contribution in [-0.4, -0.2) is 85.8 Å². The molecule has 0 radical (unpaired) electrons. The van der Waals surface area contributed by atoms with Crippen LogP contribution in [0.2, 0.25) is 0 Å². The van der Waals surface area contributed by atoms with E-state index in [0.717, 1.165) is 11.1 Å². The lowest BCUT2D eigenvalue weighted by Crippen LogP contribution is -2.63. The second-order valence-electron chi connectivity index (χ2n) is 7.46. The number of carbonyl (C=O) groups is 2. The van der Waals surface area contributed by atoms with Gasteiger partial charge in [-0.1, -0.05) is 17.2 Å². The number of hydrogen-bond acceptors (Lipinski definition) is 4. The van der Waals surface area contributed by atoms with E-state index in [-0.39, 0.29) is 23.4 Å². The van der Waals surface area contributed by atoms with Gasteiger partial charge in [-0.2, -0.15) is 0 Å². The number of aryl methyl sites for hydroxylation is 2. The summed E-state index contributed by atoms with van der Waals surface area (Å²) in [6.07, 6.45) is 0. The minimum Gasteiger partial charge on any atom is -0.331 e. The van der Waals surface area contributed by atoms with E-state index in [1.165, 1.54) is 4.90 Å². The Hall–Kier alpha value is -2.09. The first-order valence-electron chi connectivity index (χ1n) is 8.66. The van der Waals surface area contributed by atoms with Crippen molar-refractivity contribution in [3.8, 4) is 0 Å². The molecule has 26 heavy (non-hydrogen) atoms. The van der Waals surface area contributed by atoms with Crippen molar-refractivity contribution in [2.24, 2.45) is 0 Å². The molecule has 0 aromatic heterocycles. The fourth-order valence-corrected chi connectivity index (χ4v) is 5.94. The normalized spacial score (nSPS) is 24.3. The first-order valence-corrected chi connectivity index (χ1v) is 10.5. The molecular formula is C18H25N3O4S. The summed E-state index contributed by atoms with van der Waals surface area (Å²) in [6.45, 7) is 4.53. The van der Waals surface area contributed by atoms with E-state index in [2.05, 4.69) is 0 Å². The summed E-state index contributed by atoms with van der Waals surface area (Å²) in [4.78, 5) is 30.2. The maximum atomic E-state index is 13.1. The molecule has 0 bridgehead atoms. The van der Waals surface area contributed by atoms with Crippen molar-refractivity contribution in [1.82, 2.24) is 14.7 Å². The maximum Gasteiger partial charge on any atom is 0.319 e. The number of piperazine rings is 1. The molecule has 1 aromatic carbocycles. The lowest BCUT2D eigenvalue weighted by atomic mass is 10.0. The Morgan fingerprint density at radius 2 is 1.46 bits per heavy atom. The summed E-state index contributed by atoms with van der Waals surface area (Å²) in [6, 6.07) is 4.45. The number of carbonyl (C=O) groups excluding carboxylic acids is 2. The Morgan fingerprint density at radius 3 is 2.00 bits per heavy atom. The quantitative estimate of drug-likeness (QED) is 0.727. The van der Waals surface area contributed by atoms with E-state index in [1.807, 2.05) is 32.0 Å². The number of fused-ring (bicyclic) bond motifs is 1. The van der Waals surface area contributed by atoms with Crippen LogP contribution in [0.25, 0.3) is 0 Å². The van der Waals surface area contributed by atoms with Gasteiger partial charge in [0.25, 0.3) is 5.91 Å². The molecule has 2 atom stereocenters. The van der Waals surface area contributed by atoms with Crippen LogP contribution in [0.5, 0.6) is 0 Å². The summed E-state index contributed by atoms with van der Waals surface area (Å²) in [5.74, 6) is -0.347. The van der Waals surface area contributed by atoms with Gasteiger partial charge in [0, 0.05) is 32.7 Å². The molecule has 2 heterocycles. The molecule has 2 aliphatic rings. The van der Waals surface area contributed by atoms with E-state index in [1.54, 1.807) is 23.9 Å². The highest BCUT2D eigenvalue weighted by Crippen LogP contribution is 2.29. The van der Waals surface area contributed by atoms with Crippen LogP contribution in [0.3, 0.4) is 0 Å². The second kappa shape index (κ2) is 6.57. The first kappa shape index (κ1) is 18.7. The molecular weight excluding hydrogens is 354 g/mol. The zero-order valence-corrected chi connectivity index (χ0v) is 16.4. The lowest BCUT2D eigenvalue weighted by Gasteiger charge is -2.44. The third-order valence-corrected chi connectivity index (χ3v) is 6.73. The summed E-state index contributed by atoms with van der Waals surface area (Å²) < 4.78 is 24.5. The smallest absolute Gasteiger partial charge is 0.319 e. The fourth-order valence-electron chi connectivity index (χ4n) is 3.96. The molecule has 0 N–H and O–H groups in total. The van der Waals surface area contributed by atoms with Crippen molar-refractivity contribution in [2.75, 3.05) is 38.7 Å². The van der Waals surface area contributed by atoms with Gasteiger partial charge in [-0.15, -0.1) is 0 Å². The SMILES string of the molecule is Cc1cc(C)cc(C(=O)N2CCN(C(=O)N(C)C)[C@@H]3CS(=O)(=O)C[C@@H]32)c1. The Bertz CT molecular complexity index is 830. The molecule has 2 fully saturated rings. The number of amides is 3. The fraction of sp³-hybridized carbons (Fsp3) is 0.556. The average molecular weight is 379 g/mol. The number of sulfone groups is 1. The Kier molecular flexibility index (Phi) is 4.72. The maximum absolute atomic E-state index is 13.1. The largest absolute Gasteiger partial charge is 0.331 e. The van der Waals surface area contributed by atoms with Crippen LogP contribution in [0.1, 0.15) is 21.5 Å². The summed E-state index contributed by atoms with van der Waals surface area (Å²) in [7, 11) is 0.00111. The van der Waals surface area contributed by atoms with Gasteiger partial charge in [0.05, 0.1) is 23.6 Å². The van der Waals surface area contributed by atoms with Gasteiger partial charge < -0.3 is 14.7 Å². The van der Waals surface area contributed by atoms with Crippen LogP contribution >= 0.6 is 0 Å². The predicted octanol–water partition coefficient (Wildman–Crippen LogP) is 0.908. The second-order valence-corrected chi connectivity index (χ2v) is 9.61. The van der Waals surface area contributed by atoms with Gasteiger partial charge in [0.2, 0.25) is 0 Å². The highest BCUT2D eigenvalue weighted by Gasteiger charge is 2.49. The molecule has 2 aliphatic heterocycles. The molecule has 3 amide bonds. The third-order valence-electron chi connectivity index (χ3n) is 5.03. The van der Waals surface area contributed by atoms with Gasteiger partial charge in [-0.25, -0.2) is 13.2 Å². The van der Waals surface area contributed by atoms with Gasteiger partial charge in [-0.3, -0.25) is 4.79 Å². The van der Waals surface area contributed by atoms with Crippen molar-refractivity contribution in [1.29, 1.82) is 0 Å². The topological polar surface area (TPSA) is 78.0 Å². The number of hydrogen-bond donors (Lipinski definition) is 0. The Morgan fingerprint density at radius 1 is 0.962 bits per heavy atom. The lowest BCUT2D eigenvalue weighted by molar-refractivity contribution is 0.0393. The minimum atomic E-state index is -3.29. The van der Waals surface area contributed by atoms with Gasteiger partial charge >= 0.3 is 6.03 Å². The first-order chi connectivity index (χ1) is 12.1. The van der Waals surface area contributed by atoms with E-state index >= 15 is 0 Å². The van der Waals surface area contributed by atoms with Crippen LogP contribution in [0.15, 0.2) is 18.2 Å². The van der Waals surface area contributed by atoms with Crippen molar-refractivity contribution >= 4 is 21.8 Å². The third kappa shape index (κ3) is 3.42. The van der Waals surface area contributed by atoms with Crippen LogP contribution < -0.4 is 0 Å². The molecule has 2 saturated heterocycles. The molecule has 7 nitrogen and oxygen atoms in total. The summed E-state index contributed by atoms with van der Waals surface area (Å²) in [5, 5.41) is 0. The van der Waals surface area contributed by atoms with E-state index in [9.17, 15) is 18.0 Å². The monoisotopic (exact) mass is 379 g/mol. The van der Waals surface area contributed by atoms with Crippen molar-refractivity contribution in [3.05, 3.63) is 34.9 Å². The molecule has 142 valence electrons. The number of benzene rings is 1. The van der Waals surface area contributed by atoms with E-state index < -0.39 is 21.9 Å². The molecule has 3 rings (SSSR count). The molecule has 0 aliphatic carbocycles. The van der Waals surface area contributed by atoms with Crippen LogP contribution in [-0.2, 0) is 9.84 Å². The highest BCUT2D eigenvalue weighted by molar-refractivity contribution is 7.91. The van der Waals surface area contributed by atoms with Crippen molar-refractivity contribution in [2.45, 2.75) is 25.9 Å². The van der Waals surface area contributed by atoms with E-state index in [4.69, 9.17) is 0 Å². The molecule has 0 unspecified atom stereocenters. The number of rotatable bonds is 1. The number of nitrogens with zero attached hydrogens (tertiary/aromatic N) is 3. The zero-order valence-electron chi connectivity index (χ0n) is 15.6. The van der Waals surface area contributed by atoms with Crippen LogP contribution in [0.4, 0.5) is 4.79 Å². The molecule has 0 spiro atoms. The summed E-state index contributed by atoms with van der Waals surface area (Å²) in [5.41, 5.74) is 2.55. The van der Waals surface area contributed by atoms with Crippen molar-refractivity contribution < 1.29 is 18.0 Å². The highest BCUT2D eigenvalue weighted by atomic mass is 32.2. The van der Waals surface area contributed by atoms with Gasteiger partial charge in [0.15, 0.2) is 9.84 Å². The Labute approximate surface area is 154 Å². The summed E-state index contributed by atoms with van der Waals surface area (Å²) >= 11 is 0. The minimum absolute atomic E-state index is 0.0894.